The van der Waals surface area contributed by atoms with Crippen LogP contribution in [0.4, 0.5) is 5.82 Å². The van der Waals surface area contributed by atoms with E-state index >= 15 is 0 Å². The Labute approximate surface area is 174 Å². The van der Waals surface area contributed by atoms with E-state index in [1.54, 1.807) is 6.33 Å². The van der Waals surface area contributed by atoms with Crippen molar-refractivity contribution < 1.29 is 4.79 Å². The summed E-state index contributed by atoms with van der Waals surface area (Å²) in [6.07, 6.45) is 6.61. The predicted octanol–water partition coefficient (Wildman–Crippen LogP) is 3.99. The third kappa shape index (κ3) is 2.67. The van der Waals surface area contributed by atoms with Gasteiger partial charge in [0.05, 0.1) is 17.5 Å². The summed E-state index contributed by atoms with van der Waals surface area (Å²) in [6, 6.07) is 16.8. The highest BCUT2D eigenvalue weighted by atomic mass is 16.2. The molecule has 4 heterocycles. The van der Waals surface area contributed by atoms with Crippen molar-refractivity contribution in [3.63, 3.8) is 0 Å². The van der Waals surface area contributed by atoms with Gasteiger partial charge in [0, 0.05) is 24.8 Å². The number of fused-ring (bicyclic) bond motifs is 3. The number of carbonyl (C=O) groups is 1. The largest absolute Gasteiger partial charge is 0.351 e. The van der Waals surface area contributed by atoms with Crippen LogP contribution in [0, 0.1) is 0 Å². The Hall–Kier alpha value is -3.41. The van der Waals surface area contributed by atoms with E-state index in [4.69, 9.17) is 0 Å². The standard InChI is InChI=1S/C24H23N5O/c30-24(18-8-7-16-4-1-2-5-17(16)14-18)29-12-3-6-20-21(29)10-13-28(20)23-19-9-11-25-22(19)26-15-27-23/h1-2,4-5,7-9,11,14-15,20-21H,3,6,10,12-13H2,(H,25,26,27)/t20-,21-/m1/s1. The lowest BCUT2D eigenvalue weighted by Crippen LogP contribution is -2.52. The average molecular weight is 397 g/mol. The Kier molecular flexibility index (Phi) is 3.97. The normalized spacial score (nSPS) is 21.3. The van der Waals surface area contributed by atoms with Crippen LogP contribution in [-0.2, 0) is 0 Å². The molecule has 2 saturated heterocycles. The summed E-state index contributed by atoms with van der Waals surface area (Å²) in [4.78, 5) is 30.1. The van der Waals surface area contributed by atoms with Crippen molar-refractivity contribution in [1.82, 2.24) is 19.9 Å². The molecule has 4 aromatic rings. The Morgan fingerprint density at radius 2 is 1.87 bits per heavy atom. The minimum Gasteiger partial charge on any atom is -0.351 e. The highest BCUT2D eigenvalue weighted by Crippen LogP contribution is 2.36. The van der Waals surface area contributed by atoms with Crippen molar-refractivity contribution in [3.05, 3.63) is 66.6 Å². The van der Waals surface area contributed by atoms with E-state index in [1.807, 2.05) is 36.5 Å². The van der Waals surface area contributed by atoms with Gasteiger partial charge in [-0.05, 0) is 48.2 Å². The van der Waals surface area contributed by atoms with E-state index < -0.39 is 0 Å². The van der Waals surface area contributed by atoms with Crippen molar-refractivity contribution in [2.45, 2.75) is 31.3 Å². The van der Waals surface area contributed by atoms with Crippen LogP contribution in [0.25, 0.3) is 21.8 Å². The van der Waals surface area contributed by atoms with Crippen molar-refractivity contribution in [3.8, 4) is 0 Å². The summed E-state index contributed by atoms with van der Waals surface area (Å²) >= 11 is 0. The number of nitrogens with zero attached hydrogens (tertiary/aromatic N) is 4. The monoisotopic (exact) mass is 397 g/mol. The molecule has 2 aromatic carbocycles. The van der Waals surface area contributed by atoms with Gasteiger partial charge in [0.15, 0.2) is 0 Å². The van der Waals surface area contributed by atoms with Gasteiger partial charge in [-0.1, -0.05) is 30.3 Å². The zero-order valence-corrected chi connectivity index (χ0v) is 16.7. The molecule has 6 rings (SSSR count). The first-order valence-electron chi connectivity index (χ1n) is 10.6. The van der Waals surface area contributed by atoms with Crippen LogP contribution in [0.2, 0.25) is 0 Å². The van der Waals surface area contributed by atoms with E-state index in [1.165, 1.54) is 0 Å². The Bertz CT molecular complexity index is 1250. The van der Waals surface area contributed by atoms with Gasteiger partial charge in [-0.15, -0.1) is 0 Å². The van der Waals surface area contributed by atoms with Gasteiger partial charge < -0.3 is 14.8 Å². The third-order valence-electron chi connectivity index (χ3n) is 6.67. The molecule has 0 spiro atoms. The zero-order chi connectivity index (χ0) is 20.1. The fourth-order valence-corrected chi connectivity index (χ4v) is 5.28. The van der Waals surface area contributed by atoms with Crippen LogP contribution in [0.1, 0.15) is 29.6 Å². The summed E-state index contributed by atoms with van der Waals surface area (Å²) in [5.74, 6) is 1.13. The molecule has 2 aliphatic rings. The molecule has 2 atom stereocenters. The molecular formula is C24H23N5O. The molecule has 2 aromatic heterocycles. The second-order valence-electron chi connectivity index (χ2n) is 8.26. The molecule has 0 radical (unpaired) electrons. The van der Waals surface area contributed by atoms with Crippen LogP contribution in [0.15, 0.2) is 61.1 Å². The number of aromatic amines is 1. The lowest BCUT2D eigenvalue weighted by atomic mass is 9.95. The molecule has 0 unspecified atom stereocenters. The van der Waals surface area contributed by atoms with Crippen LogP contribution < -0.4 is 4.90 Å². The summed E-state index contributed by atoms with van der Waals surface area (Å²) in [5, 5.41) is 3.33. The van der Waals surface area contributed by atoms with Gasteiger partial charge >= 0.3 is 0 Å². The average Bonchev–Trinajstić information content (AvgIpc) is 3.45. The number of carbonyl (C=O) groups excluding carboxylic acids is 1. The van der Waals surface area contributed by atoms with Gasteiger partial charge in [-0.2, -0.15) is 0 Å². The maximum absolute atomic E-state index is 13.5. The number of amides is 1. The van der Waals surface area contributed by atoms with E-state index in [0.29, 0.717) is 6.04 Å². The van der Waals surface area contributed by atoms with E-state index in [-0.39, 0.29) is 11.9 Å². The number of H-pyrrole nitrogens is 1. The number of anilines is 1. The molecule has 6 heteroatoms. The van der Waals surface area contributed by atoms with Crippen molar-refractivity contribution in [2.75, 3.05) is 18.0 Å². The second kappa shape index (κ2) is 6.83. The minimum atomic E-state index is 0.145. The first-order valence-corrected chi connectivity index (χ1v) is 10.6. The molecule has 30 heavy (non-hydrogen) atoms. The van der Waals surface area contributed by atoms with Crippen LogP contribution in [0.5, 0.6) is 0 Å². The summed E-state index contributed by atoms with van der Waals surface area (Å²) in [5.41, 5.74) is 1.64. The molecule has 1 N–H and O–H groups in total. The van der Waals surface area contributed by atoms with Gasteiger partial charge in [0.1, 0.15) is 17.8 Å². The van der Waals surface area contributed by atoms with Crippen LogP contribution in [-0.4, -0.2) is 50.9 Å². The first-order chi connectivity index (χ1) is 14.8. The van der Waals surface area contributed by atoms with Crippen molar-refractivity contribution in [2.24, 2.45) is 0 Å². The lowest BCUT2D eigenvalue weighted by molar-refractivity contribution is 0.0609. The quantitative estimate of drug-likeness (QED) is 0.555. The molecular weight excluding hydrogens is 374 g/mol. The van der Waals surface area contributed by atoms with E-state index in [9.17, 15) is 4.79 Å². The fraction of sp³-hybridized carbons (Fsp3) is 0.292. The Morgan fingerprint density at radius 3 is 2.80 bits per heavy atom. The fourth-order valence-electron chi connectivity index (χ4n) is 5.28. The van der Waals surface area contributed by atoms with Crippen molar-refractivity contribution >= 4 is 33.5 Å². The minimum absolute atomic E-state index is 0.145. The van der Waals surface area contributed by atoms with E-state index in [0.717, 1.165) is 65.5 Å². The number of benzene rings is 2. The molecule has 2 fully saturated rings. The number of hydrogen-bond acceptors (Lipinski definition) is 4. The van der Waals surface area contributed by atoms with Gasteiger partial charge in [0.25, 0.3) is 5.91 Å². The topological polar surface area (TPSA) is 65.1 Å². The van der Waals surface area contributed by atoms with Crippen LogP contribution >= 0.6 is 0 Å². The predicted molar refractivity (Wildman–Crippen MR) is 118 cm³/mol. The van der Waals surface area contributed by atoms with Gasteiger partial charge in [-0.25, -0.2) is 9.97 Å². The highest BCUT2D eigenvalue weighted by Gasteiger charge is 2.43. The van der Waals surface area contributed by atoms with E-state index in [2.05, 4.69) is 43.0 Å². The zero-order valence-electron chi connectivity index (χ0n) is 16.7. The second-order valence-corrected chi connectivity index (χ2v) is 8.26. The maximum atomic E-state index is 13.5. The maximum Gasteiger partial charge on any atom is 0.254 e. The summed E-state index contributed by atoms with van der Waals surface area (Å²) < 4.78 is 0. The Balaban J connectivity index is 1.31. The Morgan fingerprint density at radius 1 is 0.967 bits per heavy atom. The highest BCUT2D eigenvalue weighted by molar-refractivity contribution is 5.99. The summed E-state index contributed by atoms with van der Waals surface area (Å²) in [7, 11) is 0. The smallest absolute Gasteiger partial charge is 0.254 e. The molecule has 0 saturated carbocycles. The third-order valence-corrected chi connectivity index (χ3v) is 6.67. The number of likely N-dealkylation sites (tertiary alicyclic amines) is 1. The van der Waals surface area contributed by atoms with Crippen molar-refractivity contribution in [1.29, 1.82) is 0 Å². The molecule has 2 aliphatic heterocycles. The molecule has 1 amide bonds. The number of nitrogens with one attached hydrogen (secondary N) is 1. The molecule has 0 bridgehead atoms. The SMILES string of the molecule is O=C(c1ccc2ccccc2c1)N1CCC[C@@H]2[C@H]1CCN2c1ncnc2[nH]ccc12. The molecule has 150 valence electrons. The number of rotatable bonds is 2. The van der Waals surface area contributed by atoms with Gasteiger partial charge in [-0.3, -0.25) is 4.79 Å². The number of aromatic nitrogens is 3. The number of piperidine rings is 1. The van der Waals surface area contributed by atoms with Crippen LogP contribution in [0.3, 0.4) is 0 Å². The first kappa shape index (κ1) is 17.4. The van der Waals surface area contributed by atoms with Gasteiger partial charge in [0.2, 0.25) is 0 Å². The number of hydrogen-bond donors (Lipinski definition) is 1. The lowest BCUT2D eigenvalue weighted by Gasteiger charge is -2.40. The summed E-state index contributed by atoms with van der Waals surface area (Å²) in [6.45, 7) is 1.73. The molecule has 6 nitrogen and oxygen atoms in total. The molecule has 0 aliphatic carbocycles.